The van der Waals surface area contributed by atoms with Crippen molar-refractivity contribution in [2.24, 2.45) is 0 Å². The molecule has 0 saturated carbocycles. The lowest BCUT2D eigenvalue weighted by atomic mass is 10.1. The van der Waals surface area contributed by atoms with E-state index in [4.69, 9.17) is 14.2 Å². The van der Waals surface area contributed by atoms with E-state index in [-0.39, 0.29) is 44.0 Å². The predicted molar refractivity (Wildman–Crippen MR) is 256 cm³/mol. The van der Waals surface area contributed by atoms with Gasteiger partial charge in [-0.05, 0) is 89.9 Å². The van der Waals surface area contributed by atoms with Crippen LogP contribution in [0.2, 0.25) is 0 Å². The molecule has 0 aromatic rings. The van der Waals surface area contributed by atoms with Gasteiger partial charge in [0.25, 0.3) is 0 Å². The van der Waals surface area contributed by atoms with Crippen molar-refractivity contribution >= 4 is 17.9 Å². The number of allylic oxidation sites excluding steroid dienone is 16. The summed E-state index contributed by atoms with van der Waals surface area (Å²) in [6.07, 6.45) is 62.6. The third kappa shape index (κ3) is 45.4. The van der Waals surface area contributed by atoms with Gasteiger partial charge in [0.15, 0.2) is 6.10 Å². The van der Waals surface area contributed by atoms with Crippen LogP contribution in [0.4, 0.5) is 0 Å². The molecule has 1 atom stereocenters. The fourth-order valence-corrected chi connectivity index (χ4v) is 6.28. The molecule has 0 N–H and O–H groups in total. The second-order valence-electron chi connectivity index (χ2n) is 15.7. The minimum absolute atomic E-state index is 0.111. The summed E-state index contributed by atoms with van der Waals surface area (Å²) in [6, 6.07) is 0. The van der Waals surface area contributed by atoms with Crippen LogP contribution in [0.25, 0.3) is 0 Å². The normalized spacial score (nSPS) is 12.9. The summed E-state index contributed by atoms with van der Waals surface area (Å²) < 4.78 is 16.7. The monoisotopic (exact) mass is 833 g/mol. The molecule has 6 nitrogen and oxygen atoms in total. The fraction of sp³-hybridized carbons (Fsp3) is 0.648. The zero-order valence-corrected chi connectivity index (χ0v) is 38.7. The van der Waals surface area contributed by atoms with E-state index in [1.807, 2.05) is 6.08 Å². The standard InChI is InChI=1S/C54H88O6/c1-4-7-10-13-16-19-22-24-25-26-27-28-30-32-35-38-41-44-47-53(56)59-50-51(49-58-52(55)46-43-40-37-34-31-21-18-15-12-9-6-3)60-54(57)48-45-42-39-36-33-29-23-20-17-14-11-8-5-2/h8-9,11-12,14,17-18,20-21,23,25-28,34,37,51H,4-7,10,13,15-16,19,22,24,29-33,35-36,38-50H2,1-3H3/b11-8-,12-9-,17-14-,21-18-,23-20-,26-25-,28-27-,37-34-. The lowest BCUT2D eigenvalue weighted by Gasteiger charge is -2.18. The second kappa shape index (κ2) is 48.0. The minimum Gasteiger partial charge on any atom is -0.462 e. The van der Waals surface area contributed by atoms with Crippen molar-refractivity contribution in [3.05, 3.63) is 97.2 Å². The average molecular weight is 833 g/mol. The summed E-state index contributed by atoms with van der Waals surface area (Å²) in [7, 11) is 0. The van der Waals surface area contributed by atoms with Crippen molar-refractivity contribution in [3.8, 4) is 0 Å². The Bertz CT molecular complexity index is 1230. The zero-order chi connectivity index (χ0) is 43.7. The maximum absolute atomic E-state index is 12.7. The number of hydrogen-bond donors (Lipinski definition) is 0. The number of carbonyl (C=O) groups excluding carboxylic acids is 3. The quantitative estimate of drug-likeness (QED) is 0.0200. The van der Waals surface area contributed by atoms with Gasteiger partial charge in [-0.2, -0.15) is 0 Å². The fourth-order valence-electron chi connectivity index (χ4n) is 6.28. The molecular weight excluding hydrogens is 745 g/mol. The van der Waals surface area contributed by atoms with Crippen molar-refractivity contribution in [2.45, 2.75) is 213 Å². The molecule has 0 spiro atoms. The van der Waals surface area contributed by atoms with Crippen LogP contribution < -0.4 is 0 Å². The van der Waals surface area contributed by atoms with Crippen molar-refractivity contribution in [2.75, 3.05) is 13.2 Å². The van der Waals surface area contributed by atoms with Gasteiger partial charge >= 0.3 is 17.9 Å². The largest absolute Gasteiger partial charge is 0.462 e. The van der Waals surface area contributed by atoms with Gasteiger partial charge in [0, 0.05) is 19.3 Å². The summed E-state index contributed by atoms with van der Waals surface area (Å²) in [5.41, 5.74) is 0. The third-order valence-corrected chi connectivity index (χ3v) is 9.89. The molecule has 60 heavy (non-hydrogen) atoms. The molecule has 0 aromatic heterocycles. The lowest BCUT2D eigenvalue weighted by molar-refractivity contribution is -0.167. The molecule has 0 aliphatic rings. The Morgan fingerprint density at radius 3 is 1.27 bits per heavy atom. The number of carbonyl (C=O) groups is 3. The molecule has 0 saturated heterocycles. The third-order valence-electron chi connectivity index (χ3n) is 9.89. The molecule has 0 heterocycles. The first-order chi connectivity index (χ1) is 29.5. The summed E-state index contributed by atoms with van der Waals surface area (Å²) in [5.74, 6) is -1.01. The molecule has 0 radical (unpaired) electrons. The molecule has 0 rings (SSSR count). The molecular formula is C54H88O6. The van der Waals surface area contributed by atoms with Crippen LogP contribution in [0.5, 0.6) is 0 Å². The highest BCUT2D eigenvalue weighted by Crippen LogP contribution is 2.13. The van der Waals surface area contributed by atoms with Gasteiger partial charge in [-0.1, -0.05) is 195 Å². The molecule has 1 unspecified atom stereocenters. The highest BCUT2D eigenvalue weighted by molar-refractivity contribution is 5.71. The van der Waals surface area contributed by atoms with Gasteiger partial charge in [-0.25, -0.2) is 0 Å². The molecule has 0 fully saturated rings. The summed E-state index contributed by atoms with van der Waals surface area (Å²) in [6.45, 7) is 6.28. The van der Waals surface area contributed by atoms with Crippen LogP contribution in [-0.2, 0) is 28.6 Å². The van der Waals surface area contributed by atoms with Gasteiger partial charge < -0.3 is 14.2 Å². The number of rotatable bonds is 42. The van der Waals surface area contributed by atoms with Crippen molar-refractivity contribution in [1.29, 1.82) is 0 Å². The first-order valence-corrected chi connectivity index (χ1v) is 24.3. The van der Waals surface area contributed by atoms with E-state index in [1.165, 1.54) is 51.4 Å². The van der Waals surface area contributed by atoms with Crippen LogP contribution in [0.1, 0.15) is 207 Å². The minimum atomic E-state index is -0.814. The van der Waals surface area contributed by atoms with E-state index in [0.717, 1.165) is 109 Å². The molecule has 0 aromatic carbocycles. The van der Waals surface area contributed by atoms with E-state index < -0.39 is 6.10 Å². The Morgan fingerprint density at radius 1 is 0.367 bits per heavy atom. The molecule has 340 valence electrons. The molecule has 0 bridgehead atoms. The van der Waals surface area contributed by atoms with Crippen LogP contribution in [-0.4, -0.2) is 37.2 Å². The van der Waals surface area contributed by atoms with E-state index in [1.54, 1.807) is 0 Å². The first-order valence-electron chi connectivity index (χ1n) is 24.3. The summed E-state index contributed by atoms with van der Waals surface area (Å²) in [5, 5.41) is 0. The Morgan fingerprint density at radius 2 is 0.750 bits per heavy atom. The Hall–Kier alpha value is -3.67. The van der Waals surface area contributed by atoms with Gasteiger partial charge in [0.2, 0.25) is 0 Å². The Kier molecular flexibility index (Phi) is 45.1. The van der Waals surface area contributed by atoms with Crippen molar-refractivity contribution < 1.29 is 28.6 Å². The summed E-state index contributed by atoms with van der Waals surface area (Å²) in [4.78, 5) is 37.8. The number of unbranched alkanes of at least 4 members (excludes halogenated alkanes) is 18. The van der Waals surface area contributed by atoms with E-state index >= 15 is 0 Å². The van der Waals surface area contributed by atoms with Crippen molar-refractivity contribution in [1.82, 2.24) is 0 Å². The highest BCUT2D eigenvalue weighted by atomic mass is 16.6. The highest BCUT2D eigenvalue weighted by Gasteiger charge is 2.19. The van der Waals surface area contributed by atoms with Crippen LogP contribution in [0, 0.1) is 0 Å². The lowest BCUT2D eigenvalue weighted by Crippen LogP contribution is -2.30. The molecule has 0 aliphatic heterocycles. The average Bonchev–Trinajstić information content (AvgIpc) is 3.24. The van der Waals surface area contributed by atoms with Crippen LogP contribution in [0.3, 0.4) is 0 Å². The van der Waals surface area contributed by atoms with Gasteiger partial charge in [-0.15, -0.1) is 0 Å². The van der Waals surface area contributed by atoms with Crippen molar-refractivity contribution in [3.63, 3.8) is 0 Å². The van der Waals surface area contributed by atoms with Crippen LogP contribution >= 0.6 is 0 Å². The Labute approximate surface area is 368 Å². The number of ether oxygens (including phenoxy) is 3. The predicted octanol–water partition coefficient (Wildman–Crippen LogP) is 15.8. The maximum Gasteiger partial charge on any atom is 0.306 e. The first kappa shape index (κ1) is 56.3. The van der Waals surface area contributed by atoms with E-state index in [2.05, 4.69) is 112 Å². The Balaban J connectivity index is 4.47. The van der Waals surface area contributed by atoms with Gasteiger partial charge in [0.1, 0.15) is 13.2 Å². The number of hydrogen-bond acceptors (Lipinski definition) is 6. The van der Waals surface area contributed by atoms with Crippen LogP contribution in [0.15, 0.2) is 97.2 Å². The van der Waals surface area contributed by atoms with E-state index in [9.17, 15) is 14.4 Å². The topological polar surface area (TPSA) is 78.9 Å². The molecule has 0 amide bonds. The number of esters is 3. The maximum atomic E-state index is 12.7. The van der Waals surface area contributed by atoms with Gasteiger partial charge in [0.05, 0.1) is 0 Å². The molecule has 6 heteroatoms. The second-order valence-corrected chi connectivity index (χ2v) is 15.7. The van der Waals surface area contributed by atoms with E-state index in [0.29, 0.717) is 12.8 Å². The van der Waals surface area contributed by atoms with Gasteiger partial charge in [-0.3, -0.25) is 14.4 Å². The smallest absolute Gasteiger partial charge is 0.306 e. The SMILES string of the molecule is CC\C=C/C=C\C=C/CCCCCCCC(=O)OC(COC(=O)CCC/C=C\C/C=C\C/C=C\CC)COC(=O)CCCCCCC/C=C\C=C/CCCCCCCCC. The zero-order valence-electron chi connectivity index (χ0n) is 38.7. The summed E-state index contributed by atoms with van der Waals surface area (Å²) >= 11 is 0. The molecule has 0 aliphatic carbocycles.